The smallest absolute Gasteiger partial charge is 0.313 e. The summed E-state index contributed by atoms with van der Waals surface area (Å²) in [4.78, 5) is 8.38. The maximum absolute atomic E-state index is 5.51. The van der Waals surface area contributed by atoms with Crippen LogP contribution >= 0.6 is 0 Å². The van der Waals surface area contributed by atoms with Crippen LogP contribution in [0.1, 0.15) is 11.5 Å². The number of methoxy groups -OCH3 is 1. The molecule has 0 saturated heterocycles. The highest BCUT2D eigenvalue weighted by Crippen LogP contribution is 2.19. The maximum Gasteiger partial charge on any atom is 0.313 e. The first-order valence-corrected chi connectivity index (χ1v) is 6.23. The summed E-state index contributed by atoms with van der Waals surface area (Å²) in [6.45, 7) is 2.02. The van der Waals surface area contributed by atoms with Gasteiger partial charge in [0.1, 0.15) is 23.8 Å². The Morgan fingerprint density at radius 3 is 3.05 bits per heavy atom. The van der Waals surface area contributed by atoms with Crippen molar-refractivity contribution in [3.63, 3.8) is 0 Å². The molecule has 0 bridgehead atoms. The van der Waals surface area contributed by atoms with E-state index in [1.807, 2.05) is 6.07 Å². The van der Waals surface area contributed by atoms with Crippen molar-refractivity contribution >= 4 is 0 Å². The quantitative estimate of drug-likeness (QED) is 0.763. The van der Waals surface area contributed by atoms with E-state index in [9.17, 15) is 0 Å². The van der Waals surface area contributed by atoms with Gasteiger partial charge >= 0.3 is 6.01 Å². The van der Waals surface area contributed by atoms with Gasteiger partial charge in [-0.2, -0.15) is 4.98 Å². The SMILES string of the molecule is COc1cccnc1COc1nc(-c2cc(C)on2)n[nH]1. The number of nitrogens with one attached hydrogen (secondary N) is 1. The number of aryl methyl sites for hydroxylation is 1. The molecule has 3 heterocycles. The van der Waals surface area contributed by atoms with Crippen LogP contribution in [0.25, 0.3) is 11.5 Å². The molecule has 0 radical (unpaired) electrons. The topological polar surface area (TPSA) is 99.0 Å². The zero-order chi connectivity index (χ0) is 14.7. The lowest BCUT2D eigenvalue weighted by Crippen LogP contribution is -2.02. The Hall–Kier alpha value is -2.90. The summed E-state index contributed by atoms with van der Waals surface area (Å²) in [5.41, 5.74) is 1.23. The van der Waals surface area contributed by atoms with Gasteiger partial charge in [-0.1, -0.05) is 5.16 Å². The van der Waals surface area contributed by atoms with Crippen LogP contribution in [0.5, 0.6) is 11.8 Å². The molecule has 108 valence electrons. The minimum Gasteiger partial charge on any atom is -0.495 e. The van der Waals surface area contributed by atoms with Crippen LogP contribution in [0.3, 0.4) is 0 Å². The van der Waals surface area contributed by atoms with Crippen LogP contribution in [0.2, 0.25) is 0 Å². The molecule has 3 rings (SSSR count). The van der Waals surface area contributed by atoms with E-state index >= 15 is 0 Å². The number of nitrogens with zero attached hydrogens (tertiary/aromatic N) is 4. The molecule has 0 amide bonds. The first kappa shape index (κ1) is 13.1. The zero-order valence-corrected chi connectivity index (χ0v) is 11.5. The van der Waals surface area contributed by atoms with Crippen molar-refractivity contribution in [1.82, 2.24) is 25.3 Å². The number of H-pyrrole nitrogens is 1. The molecule has 3 aromatic heterocycles. The van der Waals surface area contributed by atoms with Crippen molar-refractivity contribution in [2.75, 3.05) is 7.11 Å². The van der Waals surface area contributed by atoms with Crippen molar-refractivity contribution in [3.8, 4) is 23.3 Å². The van der Waals surface area contributed by atoms with E-state index in [-0.39, 0.29) is 12.6 Å². The Morgan fingerprint density at radius 2 is 2.29 bits per heavy atom. The van der Waals surface area contributed by atoms with E-state index in [2.05, 4.69) is 25.3 Å². The Labute approximate surface area is 120 Å². The molecule has 0 fully saturated rings. The summed E-state index contributed by atoms with van der Waals surface area (Å²) in [5.74, 6) is 1.76. The Kier molecular flexibility index (Phi) is 3.50. The van der Waals surface area contributed by atoms with Crippen molar-refractivity contribution in [2.24, 2.45) is 0 Å². The standard InChI is InChI=1S/C13H13N5O3/c1-8-6-9(18-21-8)12-15-13(17-16-12)20-7-10-11(19-2)4-3-5-14-10/h3-6H,7H2,1-2H3,(H,15,16,17). The molecule has 0 saturated carbocycles. The average molecular weight is 287 g/mol. The molecule has 0 aliphatic carbocycles. The number of hydrogen-bond donors (Lipinski definition) is 1. The van der Waals surface area contributed by atoms with E-state index in [1.165, 1.54) is 0 Å². The normalized spacial score (nSPS) is 10.6. The molecule has 0 aliphatic heterocycles. The largest absolute Gasteiger partial charge is 0.495 e. The Morgan fingerprint density at radius 1 is 1.38 bits per heavy atom. The van der Waals surface area contributed by atoms with Crippen LogP contribution in [0, 0.1) is 6.92 Å². The summed E-state index contributed by atoms with van der Waals surface area (Å²) >= 11 is 0. The Bertz CT molecular complexity index is 737. The fourth-order valence-electron chi connectivity index (χ4n) is 1.75. The van der Waals surface area contributed by atoms with Crippen molar-refractivity contribution in [1.29, 1.82) is 0 Å². The van der Waals surface area contributed by atoms with Crippen molar-refractivity contribution < 1.29 is 14.0 Å². The molecule has 8 nitrogen and oxygen atoms in total. The third kappa shape index (κ3) is 2.83. The lowest BCUT2D eigenvalue weighted by molar-refractivity contribution is 0.270. The molecule has 0 spiro atoms. The second kappa shape index (κ2) is 5.61. The molecule has 0 atom stereocenters. The van der Waals surface area contributed by atoms with Crippen LogP contribution in [-0.4, -0.2) is 32.4 Å². The number of rotatable bonds is 5. The minimum atomic E-state index is 0.219. The fraction of sp³-hybridized carbons (Fsp3) is 0.231. The molecule has 3 aromatic rings. The summed E-state index contributed by atoms with van der Waals surface area (Å²) in [5, 5.41) is 10.5. The molecular formula is C13H13N5O3. The summed E-state index contributed by atoms with van der Waals surface area (Å²) in [7, 11) is 1.58. The van der Waals surface area contributed by atoms with E-state index in [0.29, 0.717) is 28.7 Å². The molecular weight excluding hydrogens is 274 g/mol. The predicted molar refractivity (Wildman–Crippen MR) is 71.7 cm³/mol. The highest BCUT2D eigenvalue weighted by Gasteiger charge is 2.12. The van der Waals surface area contributed by atoms with Gasteiger partial charge in [-0.15, -0.1) is 5.10 Å². The van der Waals surface area contributed by atoms with Gasteiger partial charge < -0.3 is 14.0 Å². The van der Waals surface area contributed by atoms with Gasteiger partial charge in [0.15, 0.2) is 5.69 Å². The second-order valence-electron chi connectivity index (χ2n) is 4.23. The van der Waals surface area contributed by atoms with Gasteiger partial charge in [0, 0.05) is 12.3 Å². The first-order chi connectivity index (χ1) is 10.3. The number of hydrogen-bond acceptors (Lipinski definition) is 7. The van der Waals surface area contributed by atoms with Gasteiger partial charge in [-0.25, -0.2) is 5.10 Å². The summed E-state index contributed by atoms with van der Waals surface area (Å²) < 4.78 is 15.7. The monoisotopic (exact) mass is 287 g/mol. The number of pyridine rings is 1. The summed E-state index contributed by atoms with van der Waals surface area (Å²) in [6, 6.07) is 5.63. The van der Waals surface area contributed by atoms with Crippen molar-refractivity contribution in [2.45, 2.75) is 13.5 Å². The predicted octanol–water partition coefficient (Wildman–Crippen LogP) is 1.75. The lowest BCUT2D eigenvalue weighted by Gasteiger charge is -2.06. The molecule has 0 aliphatic rings. The molecule has 21 heavy (non-hydrogen) atoms. The van der Waals surface area contributed by atoms with Gasteiger partial charge in [0.25, 0.3) is 0 Å². The van der Waals surface area contributed by atoms with Crippen LogP contribution in [0.4, 0.5) is 0 Å². The maximum atomic E-state index is 5.51. The lowest BCUT2D eigenvalue weighted by atomic mass is 10.3. The van der Waals surface area contributed by atoms with Crippen LogP contribution in [-0.2, 0) is 6.61 Å². The molecule has 0 aromatic carbocycles. The number of aromatic nitrogens is 5. The van der Waals surface area contributed by atoms with E-state index < -0.39 is 0 Å². The highest BCUT2D eigenvalue weighted by atomic mass is 16.5. The fourth-order valence-corrected chi connectivity index (χ4v) is 1.75. The van der Waals surface area contributed by atoms with Crippen LogP contribution in [0.15, 0.2) is 28.9 Å². The van der Waals surface area contributed by atoms with Gasteiger partial charge in [0.05, 0.1) is 7.11 Å². The summed E-state index contributed by atoms with van der Waals surface area (Å²) in [6.07, 6.45) is 1.67. The molecule has 1 N–H and O–H groups in total. The van der Waals surface area contributed by atoms with E-state index in [0.717, 1.165) is 0 Å². The van der Waals surface area contributed by atoms with Crippen molar-refractivity contribution in [3.05, 3.63) is 35.9 Å². The molecule has 8 heteroatoms. The van der Waals surface area contributed by atoms with Gasteiger partial charge in [-0.3, -0.25) is 4.98 Å². The van der Waals surface area contributed by atoms with Gasteiger partial charge in [0.2, 0.25) is 5.82 Å². The first-order valence-electron chi connectivity index (χ1n) is 6.23. The number of ether oxygens (including phenoxy) is 2. The zero-order valence-electron chi connectivity index (χ0n) is 11.5. The molecule has 0 unspecified atom stereocenters. The van der Waals surface area contributed by atoms with Gasteiger partial charge in [-0.05, 0) is 19.1 Å². The Balaban J connectivity index is 1.70. The third-order valence-corrected chi connectivity index (χ3v) is 2.74. The average Bonchev–Trinajstić information content (AvgIpc) is 3.14. The minimum absolute atomic E-state index is 0.219. The third-order valence-electron chi connectivity index (χ3n) is 2.74. The van der Waals surface area contributed by atoms with Crippen LogP contribution < -0.4 is 9.47 Å². The second-order valence-corrected chi connectivity index (χ2v) is 4.23. The number of aromatic amines is 1. The van der Waals surface area contributed by atoms with E-state index in [4.69, 9.17) is 14.0 Å². The highest BCUT2D eigenvalue weighted by molar-refractivity contribution is 5.48. The van der Waals surface area contributed by atoms with E-state index in [1.54, 1.807) is 32.4 Å².